The number of fused-ring (bicyclic) bond motifs is 1. The van der Waals surface area contributed by atoms with Crippen molar-refractivity contribution in [1.29, 1.82) is 0 Å². The Morgan fingerprint density at radius 2 is 2.12 bits per heavy atom. The summed E-state index contributed by atoms with van der Waals surface area (Å²) in [7, 11) is -3.50. The zero-order chi connectivity index (χ0) is 17.5. The van der Waals surface area contributed by atoms with E-state index in [0.29, 0.717) is 12.8 Å². The van der Waals surface area contributed by atoms with Gasteiger partial charge >= 0.3 is 0 Å². The van der Waals surface area contributed by atoms with Gasteiger partial charge in [-0.2, -0.15) is 4.31 Å². The van der Waals surface area contributed by atoms with Gasteiger partial charge in [-0.25, -0.2) is 22.2 Å². The van der Waals surface area contributed by atoms with Crippen molar-refractivity contribution >= 4 is 42.6 Å². The van der Waals surface area contributed by atoms with E-state index in [4.69, 9.17) is 0 Å². The second kappa shape index (κ2) is 6.34. The molecule has 24 heavy (non-hydrogen) atoms. The predicted molar refractivity (Wildman–Crippen MR) is 87.4 cm³/mol. The standard InChI is InChI=1S/C14H15F2N3O3S2/c1-24(21,22)19-5-3-2-4-10(19)13(20)18-14-17-12-9(16)6-8(15)7-11(12)23-14/h6-7,10H,2-5H2,1H3,(H,17,18,20). The molecule has 10 heteroatoms. The van der Waals surface area contributed by atoms with Crippen molar-refractivity contribution in [2.45, 2.75) is 25.3 Å². The van der Waals surface area contributed by atoms with Crippen molar-refractivity contribution in [1.82, 2.24) is 9.29 Å². The summed E-state index contributed by atoms with van der Waals surface area (Å²) < 4.78 is 52.0. The van der Waals surface area contributed by atoms with Crippen LogP contribution >= 0.6 is 11.3 Å². The zero-order valence-corrected chi connectivity index (χ0v) is 14.4. The minimum Gasteiger partial charge on any atom is -0.301 e. The van der Waals surface area contributed by atoms with E-state index in [0.717, 1.165) is 36.1 Å². The van der Waals surface area contributed by atoms with Gasteiger partial charge in [0, 0.05) is 12.6 Å². The average molecular weight is 375 g/mol. The number of hydrogen-bond acceptors (Lipinski definition) is 5. The molecule has 1 saturated heterocycles. The van der Waals surface area contributed by atoms with E-state index >= 15 is 0 Å². The molecule has 1 unspecified atom stereocenters. The van der Waals surface area contributed by atoms with Crippen LogP contribution in [0.15, 0.2) is 12.1 Å². The number of amides is 1. The highest BCUT2D eigenvalue weighted by Gasteiger charge is 2.34. The highest BCUT2D eigenvalue weighted by atomic mass is 32.2. The van der Waals surface area contributed by atoms with Crippen LogP contribution in [0.1, 0.15) is 19.3 Å². The average Bonchev–Trinajstić information content (AvgIpc) is 2.89. The number of rotatable bonds is 3. The monoisotopic (exact) mass is 375 g/mol. The molecule has 130 valence electrons. The van der Waals surface area contributed by atoms with Gasteiger partial charge in [0.05, 0.1) is 11.0 Å². The lowest BCUT2D eigenvalue weighted by Crippen LogP contribution is -2.49. The number of sulfonamides is 1. The van der Waals surface area contributed by atoms with Crippen LogP contribution in [0.25, 0.3) is 10.2 Å². The van der Waals surface area contributed by atoms with Crippen molar-refractivity contribution in [3.8, 4) is 0 Å². The minimum absolute atomic E-state index is 0.0275. The van der Waals surface area contributed by atoms with Gasteiger partial charge in [0.1, 0.15) is 17.4 Å². The van der Waals surface area contributed by atoms with Gasteiger partial charge in [0.2, 0.25) is 15.9 Å². The third kappa shape index (κ3) is 3.40. The minimum atomic E-state index is -3.50. The van der Waals surface area contributed by atoms with Gasteiger partial charge in [0.25, 0.3) is 0 Å². The maximum atomic E-state index is 13.7. The molecule has 2 heterocycles. The number of nitrogens with one attached hydrogen (secondary N) is 1. The third-order valence-corrected chi connectivity index (χ3v) is 6.03. The number of carbonyl (C=O) groups excluding carboxylic acids is 1. The lowest BCUT2D eigenvalue weighted by molar-refractivity contribution is -0.120. The van der Waals surface area contributed by atoms with Crippen LogP contribution in [0.3, 0.4) is 0 Å². The Hall–Kier alpha value is -1.65. The second-order valence-electron chi connectivity index (χ2n) is 5.63. The number of halogens is 2. The van der Waals surface area contributed by atoms with Gasteiger partial charge in [-0.05, 0) is 18.9 Å². The SMILES string of the molecule is CS(=O)(=O)N1CCCCC1C(=O)Nc1nc2c(F)cc(F)cc2s1. The molecule has 1 aliphatic heterocycles. The quantitative estimate of drug-likeness (QED) is 0.893. The molecule has 2 aromatic rings. The molecule has 0 aliphatic carbocycles. The van der Waals surface area contributed by atoms with Gasteiger partial charge in [0.15, 0.2) is 10.9 Å². The molecule has 3 rings (SSSR count). The van der Waals surface area contributed by atoms with Crippen molar-refractivity contribution in [3.05, 3.63) is 23.8 Å². The lowest BCUT2D eigenvalue weighted by atomic mass is 10.0. The Morgan fingerprint density at radius 3 is 2.83 bits per heavy atom. The number of nitrogens with zero attached hydrogens (tertiary/aromatic N) is 2. The summed E-state index contributed by atoms with van der Waals surface area (Å²) in [5, 5.41) is 2.63. The van der Waals surface area contributed by atoms with Crippen LogP contribution in [0, 0.1) is 11.6 Å². The maximum absolute atomic E-state index is 13.7. The summed E-state index contributed by atoms with van der Waals surface area (Å²) in [6, 6.07) is 1.04. The largest absolute Gasteiger partial charge is 0.301 e. The van der Waals surface area contributed by atoms with E-state index in [2.05, 4.69) is 10.3 Å². The number of carbonyl (C=O) groups is 1. The predicted octanol–water partition coefficient (Wildman–Crippen LogP) is 2.33. The fourth-order valence-electron chi connectivity index (χ4n) is 2.76. The molecule has 1 amide bonds. The number of anilines is 1. The Balaban J connectivity index is 1.85. The number of benzene rings is 1. The van der Waals surface area contributed by atoms with E-state index < -0.39 is 33.6 Å². The molecule has 6 nitrogen and oxygen atoms in total. The third-order valence-electron chi connectivity index (χ3n) is 3.83. The highest BCUT2D eigenvalue weighted by Crippen LogP contribution is 2.29. The van der Waals surface area contributed by atoms with Crippen LogP contribution in [-0.2, 0) is 14.8 Å². The zero-order valence-electron chi connectivity index (χ0n) is 12.8. The summed E-state index contributed by atoms with van der Waals surface area (Å²) >= 11 is 0.936. The van der Waals surface area contributed by atoms with E-state index in [9.17, 15) is 22.0 Å². The Kier molecular flexibility index (Phi) is 4.54. The second-order valence-corrected chi connectivity index (χ2v) is 8.59. The van der Waals surface area contributed by atoms with E-state index in [-0.39, 0.29) is 21.9 Å². The van der Waals surface area contributed by atoms with Gasteiger partial charge < -0.3 is 5.32 Å². The smallest absolute Gasteiger partial charge is 0.244 e. The molecule has 1 atom stereocenters. The van der Waals surface area contributed by atoms with Crippen LogP contribution in [0.4, 0.5) is 13.9 Å². The van der Waals surface area contributed by atoms with Gasteiger partial charge in [-0.3, -0.25) is 4.79 Å². The van der Waals surface area contributed by atoms with Crippen molar-refractivity contribution in [3.63, 3.8) is 0 Å². The first-order chi connectivity index (χ1) is 11.3. The fraction of sp³-hybridized carbons (Fsp3) is 0.429. The van der Waals surface area contributed by atoms with Crippen LogP contribution in [-0.4, -0.2) is 42.5 Å². The van der Waals surface area contributed by atoms with Gasteiger partial charge in [-0.1, -0.05) is 17.8 Å². The van der Waals surface area contributed by atoms with Crippen molar-refractivity contribution in [2.75, 3.05) is 18.1 Å². The molecule has 0 saturated carbocycles. The summed E-state index contributed by atoms with van der Waals surface area (Å²) in [4.78, 5) is 16.4. The number of thiazole rings is 1. The highest BCUT2D eigenvalue weighted by molar-refractivity contribution is 7.88. The normalized spacial score (nSPS) is 19.5. The van der Waals surface area contributed by atoms with Crippen LogP contribution in [0.5, 0.6) is 0 Å². The molecule has 0 radical (unpaired) electrons. The Morgan fingerprint density at radius 1 is 1.38 bits per heavy atom. The molecule has 0 spiro atoms. The molecular formula is C14H15F2N3O3S2. The molecule has 1 aromatic heterocycles. The van der Waals surface area contributed by atoms with E-state index in [1.54, 1.807) is 0 Å². The summed E-state index contributed by atoms with van der Waals surface area (Å²) in [5.74, 6) is -2.05. The van der Waals surface area contributed by atoms with Crippen molar-refractivity contribution in [2.24, 2.45) is 0 Å². The van der Waals surface area contributed by atoms with Crippen LogP contribution < -0.4 is 5.32 Å². The number of aromatic nitrogens is 1. The molecule has 1 N–H and O–H groups in total. The van der Waals surface area contributed by atoms with E-state index in [1.165, 1.54) is 4.31 Å². The molecule has 1 aliphatic rings. The van der Waals surface area contributed by atoms with Gasteiger partial charge in [-0.15, -0.1) is 0 Å². The molecule has 1 aromatic carbocycles. The molecular weight excluding hydrogens is 360 g/mol. The summed E-state index contributed by atoms with van der Waals surface area (Å²) in [6.07, 6.45) is 2.91. The van der Waals surface area contributed by atoms with E-state index in [1.807, 2.05) is 0 Å². The lowest BCUT2D eigenvalue weighted by Gasteiger charge is -2.32. The molecule has 0 bridgehead atoms. The topological polar surface area (TPSA) is 79.4 Å². The summed E-state index contributed by atoms with van der Waals surface area (Å²) in [5.41, 5.74) is -0.0275. The Bertz CT molecular complexity index is 898. The first-order valence-corrected chi connectivity index (χ1v) is 9.95. The number of hydrogen-bond donors (Lipinski definition) is 1. The van der Waals surface area contributed by atoms with Crippen molar-refractivity contribution < 1.29 is 22.0 Å². The summed E-state index contributed by atoms with van der Waals surface area (Å²) in [6.45, 7) is 0.288. The Labute approximate surface area is 141 Å². The first-order valence-electron chi connectivity index (χ1n) is 7.29. The first kappa shape index (κ1) is 17.2. The fourth-order valence-corrected chi connectivity index (χ4v) is 4.80. The number of piperidine rings is 1. The van der Waals surface area contributed by atoms with Crippen LogP contribution in [0.2, 0.25) is 0 Å². The molecule has 1 fully saturated rings. The maximum Gasteiger partial charge on any atom is 0.244 e.